The van der Waals surface area contributed by atoms with E-state index in [4.69, 9.17) is 16.7 Å². The molecule has 1 saturated carbocycles. The summed E-state index contributed by atoms with van der Waals surface area (Å²) in [6, 6.07) is 6.88. The molecule has 126 valence electrons. The molecular weight excluding hydrogens is 342 g/mol. The van der Waals surface area contributed by atoms with E-state index >= 15 is 0 Å². The Balaban J connectivity index is 1.59. The van der Waals surface area contributed by atoms with Crippen LogP contribution >= 0.6 is 11.6 Å². The first-order valence-corrected chi connectivity index (χ1v) is 8.15. The van der Waals surface area contributed by atoms with Crippen molar-refractivity contribution in [3.63, 3.8) is 0 Å². The van der Waals surface area contributed by atoms with Gasteiger partial charge in [0.1, 0.15) is 0 Å². The second-order valence-corrected chi connectivity index (χ2v) is 6.25. The second-order valence-electron chi connectivity index (χ2n) is 5.84. The van der Waals surface area contributed by atoms with Gasteiger partial charge in [-0.1, -0.05) is 23.7 Å². The van der Waals surface area contributed by atoms with E-state index in [1.165, 1.54) is 18.3 Å². The first-order valence-electron chi connectivity index (χ1n) is 7.77. The van der Waals surface area contributed by atoms with Crippen LogP contribution in [0.5, 0.6) is 0 Å². The number of carbonyl (C=O) groups is 1. The Morgan fingerprint density at radius 3 is 2.68 bits per heavy atom. The van der Waals surface area contributed by atoms with Crippen molar-refractivity contribution in [3.8, 4) is 11.3 Å². The Morgan fingerprint density at radius 2 is 2.00 bits per heavy atom. The molecule has 2 aromatic heterocycles. The molecule has 1 aliphatic rings. The lowest BCUT2D eigenvalue weighted by Crippen LogP contribution is -1.99. The number of halogens is 1. The molecule has 7 nitrogen and oxygen atoms in total. The van der Waals surface area contributed by atoms with E-state index in [2.05, 4.69) is 20.4 Å². The van der Waals surface area contributed by atoms with Gasteiger partial charge >= 0.3 is 5.97 Å². The number of nitrogens with one attached hydrogen (secondary N) is 1. The number of rotatable bonds is 5. The standard InChI is InChI=1S/C17H14ClN5O2/c18-14-8-19-17(21-12-7-20-23(9-12)13-5-6-13)22-15(14)10-1-3-11(4-2-10)16(24)25/h1-4,7-9,13H,5-6H2,(H,24,25)(H,19,21,22). The summed E-state index contributed by atoms with van der Waals surface area (Å²) >= 11 is 6.20. The van der Waals surface area contributed by atoms with E-state index in [1.54, 1.807) is 18.3 Å². The van der Waals surface area contributed by atoms with Gasteiger partial charge in [0.2, 0.25) is 5.95 Å². The van der Waals surface area contributed by atoms with Gasteiger partial charge in [-0.05, 0) is 25.0 Å². The van der Waals surface area contributed by atoms with Crippen LogP contribution in [0.25, 0.3) is 11.3 Å². The average Bonchev–Trinajstić information content (AvgIpc) is 3.36. The zero-order valence-corrected chi connectivity index (χ0v) is 13.8. The summed E-state index contributed by atoms with van der Waals surface area (Å²) in [5.41, 5.74) is 2.26. The molecule has 0 radical (unpaired) electrons. The van der Waals surface area contributed by atoms with Gasteiger partial charge in [-0.15, -0.1) is 0 Å². The zero-order chi connectivity index (χ0) is 17.4. The molecule has 25 heavy (non-hydrogen) atoms. The maximum atomic E-state index is 11.0. The van der Waals surface area contributed by atoms with Crippen molar-refractivity contribution in [2.75, 3.05) is 5.32 Å². The average molecular weight is 356 g/mol. The fourth-order valence-electron chi connectivity index (χ4n) is 2.47. The Bertz CT molecular complexity index is 934. The van der Waals surface area contributed by atoms with Crippen LogP contribution in [0.15, 0.2) is 42.9 Å². The number of anilines is 2. The third kappa shape index (κ3) is 3.32. The molecule has 4 rings (SSSR count). The molecular formula is C17H14ClN5O2. The van der Waals surface area contributed by atoms with E-state index < -0.39 is 5.97 Å². The first-order chi connectivity index (χ1) is 12.1. The van der Waals surface area contributed by atoms with Crippen molar-refractivity contribution in [1.29, 1.82) is 0 Å². The van der Waals surface area contributed by atoms with Crippen molar-refractivity contribution >= 4 is 29.2 Å². The fourth-order valence-corrected chi connectivity index (χ4v) is 2.67. The number of hydrogen-bond donors (Lipinski definition) is 2. The Morgan fingerprint density at radius 1 is 1.24 bits per heavy atom. The highest BCUT2D eigenvalue weighted by atomic mass is 35.5. The molecule has 1 aromatic carbocycles. The minimum atomic E-state index is -0.977. The molecule has 1 aliphatic carbocycles. The van der Waals surface area contributed by atoms with Crippen LogP contribution in [0, 0.1) is 0 Å². The van der Waals surface area contributed by atoms with Gasteiger partial charge in [0, 0.05) is 11.8 Å². The molecule has 0 aliphatic heterocycles. The third-order valence-electron chi connectivity index (χ3n) is 3.93. The number of aromatic nitrogens is 4. The summed E-state index contributed by atoms with van der Waals surface area (Å²) in [4.78, 5) is 19.6. The van der Waals surface area contributed by atoms with Gasteiger partial charge < -0.3 is 10.4 Å². The van der Waals surface area contributed by atoms with Crippen LogP contribution in [0.3, 0.4) is 0 Å². The van der Waals surface area contributed by atoms with E-state index in [1.807, 2.05) is 10.9 Å². The summed E-state index contributed by atoms with van der Waals surface area (Å²) in [6.45, 7) is 0. The van der Waals surface area contributed by atoms with Gasteiger partial charge in [-0.3, -0.25) is 4.68 Å². The smallest absolute Gasteiger partial charge is 0.335 e. The monoisotopic (exact) mass is 355 g/mol. The number of benzene rings is 1. The maximum absolute atomic E-state index is 11.0. The van der Waals surface area contributed by atoms with Gasteiger partial charge in [0.05, 0.1) is 40.4 Å². The molecule has 8 heteroatoms. The van der Waals surface area contributed by atoms with E-state index in [0.717, 1.165) is 18.5 Å². The molecule has 0 unspecified atom stereocenters. The van der Waals surface area contributed by atoms with Crippen LogP contribution in [0.4, 0.5) is 11.6 Å². The van der Waals surface area contributed by atoms with Gasteiger partial charge in [0.25, 0.3) is 0 Å². The predicted molar refractivity (Wildman–Crippen MR) is 93.2 cm³/mol. The summed E-state index contributed by atoms with van der Waals surface area (Å²) in [5, 5.41) is 16.8. The number of carboxylic acid groups (broad SMARTS) is 1. The summed E-state index contributed by atoms with van der Waals surface area (Å²) in [6.07, 6.45) is 7.50. The van der Waals surface area contributed by atoms with Crippen LogP contribution in [-0.4, -0.2) is 30.8 Å². The van der Waals surface area contributed by atoms with Gasteiger partial charge in [-0.2, -0.15) is 5.10 Å². The molecule has 0 bridgehead atoms. The molecule has 2 N–H and O–H groups in total. The Hall–Kier alpha value is -2.93. The number of hydrogen-bond acceptors (Lipinski definition) is 5. The normalized spacial score (nSPS) is 13.6. The topological polar surface area (TPSA) is 92.9 Å². The maximum Gasteiger partial charge on any atom is 0.335 e. The molecule has 0 spiro atoms. The lowest BCUT2D eigenvalue weighted by atomic mass is 10.1. The van der Waals surface area contributed by atoms with Crippen molar-refractivity contribution in [3.05, 3.63) is 53.4 Å². The van der Waals surface area contributed by atoms with Crippen LogP contribution in [0.2, 0.25) is 5.02 Å². The SMILES string of the molecule is O=C(O)c1ccc(-c2nc(Nc3cnn(C4CC4)c3)ncc2Cl)cc1. The molecule has 2 heterocycles. The lowest BCUT2D eigenvalue weighted by Gasteiger charge is -2.07. The lowest BCUT2D eigenvalue weighted by molar-refractivity contribution is 0.0697. The Kier molecular flexibility index (Phi) is 3.85. The Labute approximate surface area is 148 Å². The number of aromatic carboxylic acids is 1. The molecule has 0 atom stereocenters. The molecule has 0 saturated heterocycles. The number of carboxylic acids is 1. The molecule has 0 amide bonds. The summed E-state index contributed by atoms with van der Waals surface area (Å²) in [5.74, 6) is -0.576. The highest BCUT2D eigenvalue weighted by Crippen LogP contribution is 2.35. The van der Waals surface area contributed by atoms with Crippen molar-refractivity contribution in [1.82, 2.24) is 19.7 Å². The van der Waals surface area contributed by atoms with Crippen molar-refractivity contribution in [2.45, 2.75) is 18.9 Å². The highest BCUT2D eigenvalue weighted by molar-refractivity contribution is 6.32. The van der Waals surface area contributed by atoms with Crippen LogP contribution in [-0.2, 0) is 0 Å². The fraction of sp³-hybridized carbons (Fsp3) is 0.176. The first kappa shape index (κ1) is 15.6. The van der Waals surface area contributed by atoms with E-state index in [-0.39, 0.29) is 5.56 Å². The summed E-state index contributed by atoms with van der Waals surface area (Å²) < 4.78 is 1.93. The third-order valence-corrected chi connectivity index (χ3v) is 4.20. The highest BCUT2D eigenvalue weighted by Gasteiger charge is 2.24. The quantitative estimate of drug-likeness (QED) is 0.723. The zero-order valence-electron chi connectivity index (χ0n) is 13.1. The van der Waals surface area contributed by atoms with Crippen molar-refractivity contribution in [2.24, 2.45) is 0 Å². The molecule has 3 aromatic rings. The van der Waals surface area contributed by atoms with Crippen LogP contribution in [0.1, 0.15) is 29.2 Å². The number of nitrogens with zero attached hydrogens (tertiary/aromatic N) is 4. The largest absolute Gasteiger partial charge is 0.478 e. The van der Waals surface area contributed by atoms with Gasteiger partial charge in [-0.25, -0.2) is 14.8 Å². The van der Waals surface area contributed by atoms with E-state index in [0.29, 0.717) is 28.3 Å². The second kappa shape index (κ2) is 6.18. The minimum absolute atomic E-state index is 0.208. The van der Waals surface area contributed by atoms with E-state index in [9.17, 15) is 4.79 Å². The van der Waals surface area contributed by atoms with Crippen molar-refractivity contribution < 1.29 is 9.90 Å². The van der Waals surface area contributed by atoms with Gasteiger partial charge in [0.15, 0.2) is 0 Å². The predicted octanol–water partition coefficient (Wildman–Crippen LogP) is 3.77. The van der Waals surface area contributed by atoms with Crippen LogP contribution < -0.4 is 5.32 Å². The minimum Gasteiger partial charge on any atom is -0.478 e. The molecule has 1 fully saturated rings. The summed E-state index contributed by atoms with van der Waals surface area (Å²) in [7, 11) is 0.